The molecule has 0 bridgehead atoms. The smallest absolute Gasteiger partial charge is 0.252 e. The van der Waals surface area contributed by atoms with Gasteiger partial charge in [0.2, 0.25) is 6.79 Å². The number of nitrogens with zero attached hydrogens (tertiary/aromatic N) is 5. The van der Waals surface area contributed by atoms with Gasteiger partial charge in [-0.1, -0.05) is 19.1 Å². The average molecular weight is 529 g/mol. The van der Waals surface area contributed by atoms with Crippen molar-refractivity contribution in [3.63, 3.8) is 0 Å². The number of nitrogens with one attached hydrogen (secondary N) is 1. The fourth-order valence-electron chi connectivity index (χ4n) is 4.93. The van der Waals surface area contributed by atoms with Crippen LogP contribution in [-0.4, -0.2) is 44.0 Å². The summed E-state index contributed by atoms with van der Waals surface area (Å²) in [5.74, 6) is 3.57. The first-order valence-electron chi connectivity index (χ1n) is 12.7. The summed E-state index contributed by atoms with van der Waals surface area (Å²) in [6.45, 7) is 3.58. The highest BCUT2D eigenvalue weighted by Crippen LogP contribution is 2.35. The van der Waals surface area contributed by atoms with Crippen molar-refractivity contribution in [2.75, 3.05) is 13.9 Å². The molecule has 4 heterocycles. The Kier molecular flexibility index (Phi) is 6.72. The number of fused-ring (bicyclic) bond motifs is 2. The molecule has 1 atom stereocenters. The van der Waals surface area contributed by atoms with Gasteiger partial charge in [-0.25, -0.2) is 4.68 Å². The molecule has 1 aliphatic heterocycles. The van der Waals surface area contributed by atoms with Gasteiger partial charge in [-0.05, 0) is 58.8 Å². The number of aromatic nitrogens is 5. The van der Waals surface area contributed by atoms with E-state index in [4.69, 9.17) is 18.6 Å². The summed E-state index contributed by atoms with van der Waals surface area (Å²) in [5, 5.41) is 13.5. The van der Waals surface area contributed by atoms with Crippen LogP contribution in [0, 0.1) is 0 Å². The van der Waals surface area contributed by atoms with Gasteiger partial charge in [0.25, 0.3) is 5.56 Å². The van der Waals surface area contributed by atoms with Gasteiger partial charge >= 0.3 is 0 Å². The monoisotopic (exact) mass is 528 g/mol. The molecule has 0 saturated heterocycles. The van der Waals surface area contributed by atoms with Gasteiger partial charge in [0, 0.05) is 23.6 Å². The second kappa shape index (κ2) is 10.6. The lowest BCUT2D eigenvalue weighted by molar-refractivity contribution is 0.149. The lowest BCUT2D eigenvalue weighted by Gasteiger charge is -2.29. The molecular formula is C28H28N6O5. The van der Waals surface area contributed by atoms with E-state index in [2.05, 4.69) is 32.3 Å². The van der Waals surface area contributed by atoms with Crippen LogP contribution in [0.15, 0.2) is 70.1 Å². The quantitative estimate of drug-likeness (QED) is 0.286. The summed E-state index contributed by atoms with van der Waals surface area (Å²) >= 11 is 0. The molecule has 2 aromatic carbocycles. The maximum absolute atomic E-state index is 13.2. The summed E-state index contributed by atoms with van der Waals surface area (Å²) < 4.78 is 23.8. The van der Waals surface area contributed by atoms with Gasteiger partial charge in [-0.15, -0.1) is 5.10 Å². The van der Waals surface area contributed by atoms with Crippen molar-refractivity contribution in [2.24, 2.45) is 0 Å². The number of aromatic amines is 1. The molecule has 200 valence electrons. The number of benzene rings is 2. The average Bonchev–Trinajstić information content (AvgIpc) is 3.72. The van der Waals surface area contributed by atoms with Crippen molar-refractivity contribution in [3.05, 3.63) is 93.9 Å². The predicted octanol–water partition coefficient (Wildman–Crippen LogP) is 4.05. The number of pyridine rings is 1. The zero-order valence-corrected chi connectivity index (χ0v) is 21.7. The third-order valence-corrected chi connectivity index (χ3v) is 6.90. The normalized spacial score (nSPS) is 13.3. The van der Waals surface area contributed by atoms with Crippen LogP contribution in [0.25, 0.3) is 10.9 Å². The number of rotatable bonds is 10. The molecule has 0 saturated carbocycles. The van der Waals surface area contributed by atoms with Crippen LogP contribution in [-0.2, 0) is 19.6 Å². The summed E-state index contributed by atoms with van der Waals surface area (Å²) in [6.07, 6.45) is 2.36. The largest absolute Gasteiger partial charge is 0.497 e. The molecule has 3 aromatic heterocycles. The second-order valence-corrected chi connectivity index (χ2v) is 9.37. The first-order chi connectivity index (χ1) is 19.1. The molecule has 11 nitrogen and oxygen atoms in total. The minimum absolute atomic E-state index is 0.168. The van der Waals surface area contributed by atoms with Gasteiger partial charge in [0.05, 0.1) is 38.0 Å². The van der Waals surface area contributed by atoms with Crippen molar-refractivity contribution in [2.45, 2.75) is 39.0 Å². The molecule has 39 heavy (non-hydrogen) atoms. The lowest BCUT2D eigenvalue weighted by Crippen LogP contribution is -2.32. The molecule has 0 aliphatic carbocycles. The fraction of sp³-hybridized carbons (Fsp3) is 0.286. The first-order valence-corrected chi connectivity index (χ1v) is 12.7. The van der Waals surface area contributed by atoms with Crippen molar-refractivity contribution in [1.82, 2.24) is 30.1 Å². The number of hydrogen-bond acceptors (Lipinski definition) is 9. The van der Waals surface area contributed by atoms with Gasteiger partial charge in [0.1, 0.15) is 11.5 Å². The Bertz CT molecular complexity index is 1630. The van der Waals surface area contributed by atoms with Gasteiger partial charge in [0.15, 0.2) is 17.3 Å². The number of ether oxygens (including phenoxy) is 3. The van der Waals surface area contributed by atoms with E-state index in [9.17, 15) is 4.79 Å². The number of hydrogen-bond donors (Lipinski definition) is 1. The van der Waals surface area contributed by atoms with Crippen LogP contribution in [0.4, 0.5) is 0 Å². The SMILES string of the molecule is CC[C@H](c1nnnn1Cc1ccc(OC)cc1)N(Cc1ccco1)Cc1cc2cc3c(cc2[nH]c1=O)OCO3. The summed E-state index contributed by atoms with van der Waals surface area (Å²) in [7, 11) is 1.64. The molecule has 0 fully saturated rings. The van der Waals surface area contributed by atoms with Gasteiger partial charge in [-0.2, -0.15) is 0 Å². The van der Waals surface area contributed by atoms with Crippen molar-refractivity contribution < 1.29 is 18.6 Å². The number of methoxy groups -OCH3 is 1. The molecule has 1 aliphatic rings. The molecule has 5 aromatic rings. The highest BCUT2D eigenvalue weighted by molar-refractivity contribution is 5.83. The zero-order chi connectivity index (χ0) is 26.8. The lowest BCUT2D eigenvalue weighted by atomic mass is 10.1. The Morgan fingerprint density at radius 2 is 1.92 bits per heavy atom. The third-order valence-electron chi connectivity index (χ3n) is 6.90. The van der Waals surface area contributed by atoms with Crippen LogP contribution in [0.5, 0.6) is 17.2 Å². The van der Waals surface area contributed by atoms with E-state index in [-0.39, 0.29) is 18.4 Å². The summed E-state index contributed by atoms with van der Waals surface area (Å²) in [4.78, 5) is 18.4. The van der Waals surface area contributed by atoms with E-state index in [1.165, 1.54) is 0 Å². The fourth-order valence-corrected chi connectivity index (χ4v) is 4.93. The van der Waals surface area contributed by atoms with Gasteiger partial charge in [-0.3, -0.25) is 9.69 Å². The van der Waals surface area contributed by atoms with E-state index in [0.29, 0.717) is 54.5 Å². The number of tetrazole rings is 1. The highest BCUT2D eigenvalue weighted by atomic mass is 16.7. The molecule has 0 spiro atoms. The van der Waals surface area contributed by atoms with Crippen LogP contribution in [0.2, 0.25) is 0 Å². The van der Waals surface area contributed by atoms with Crippen LogP contribution >= 0.6 is 0 Å². The highest BCUT2D eigenvalue weighted by Gasteiger charge is 2.27. The Labute approximate surface area is 223 Å². The topological polar surface area (TPSA) is 121 Å². The minimum atomic E-state index is -0.185. The predicted molar refractivity (Wildman–Crippen MR) is 142 cm³/mol. The van der Waals surface area contributed by atoms with Crippen LogP contribution in [0.3, 0.4) is 0 Å². The Morgan fingerprint density at radius 3 is 2.67 bits per heavy atom. The summed E-state index contributed by atoms with van der Waals surface area (Å²) in [6, 6.07) is 17.0. The third kappa shape index (κ3) is 5.08. The number of H-pyrrole nitrogens is 1. The zero-order valence-electron chi connectivity index (χ0n) is 21.7. The maximum Gasteiger partial charge on any atom is 0.252 e. The maximum atomic E-state index is 13.2. The molecule has 0 amide bonds. The van der Waals surface area contributed by atoms with E-state index >= 15 is 0 Å². The van der Waals surface area contributed by atoms with E-state index in [0.717, 1.165) is 22.5 Å². The Morgan fingerprint density at radius 1 is 1.10 bits per heavy atom. The van der Waals surface area contributed by atoms with Gasteiger partial charge < -0.3 is 23.6 Å². The minimum Gasteiger partial charge on any atom is -0.497 e. The Balaban J connectivity index is 1.33. The van der Waals surface area contributed by atoms with Crippen LogP contribution < -0.4 is 19.8 Å². The van der Waals surface area contributed by atoms with E-state index < -0.39 is 0 Å². The summed E-state index contributed by atoms with van der Waals surface area (Å²) in [5.41, 5.74) is 2.18. The first kappa shape index (κ1) is 24.7. The van der Waals surface area contributed by atoms with Crippen molar-refractivity contribution in [1.29, 1.82) is 0 Å². The Hall–Kier alpha value is -4.64. The van der Waals surface area contributed by atoms with Crippen molar-refractivity contribution >= 4 is 10.9 Å². The van der Waals surface area contributed by atoms with E-state index in [1.807, 2.05) is 48.5 Å². The molecule has 1 N–H and O–H groups in total. The molecule has 0 unspecified atom stereocenters. The molecule has 6 rings (SSSR count). The second-order valence-electron chi connectivity index (χ2n) is 9.37. The van der Waals surface area contributed by atoms with Crippen LogP contribution in [0.1, 0.15) is 42.1 Å². The molecule has 11 heteroatoms. The molecule has 0 radical (unpaired) electrons. The standard InChI is InChI=1S/C28H28N6O5/c1-3-24(27-30-31-32-34(27)14-18-6-8-21(36-2)9-7-18)33(16-22-5-4-10-37-22)15-20-11-19-12-25-26(39-17-38-25)13-23(19)29-28(20)35/h4-13,24H,3,14-17H2,1-2H3,(H,29,35)/t24-/m1/s1. The molecular weight excluding hydrogens is 500 g/mol. The van der Waals surface area contributed by atoms with E-state index in [1.54, 1.807) is 24.1 Å². The number of furan rings is 1. The van der Waals surface area contributed by atoms with Crippen molar-refractivity contribution in [3.8, 4) is 17.2 Å².